The molecule has 0 unspecified atom stereocenters. The smallest absolute Gasteiger partial charge is 0.229 e. The predicted octanol–water partition coefficient (Wildman–Crippen LogP) is 1.67. The highest BCUT2D eigenvalue weighted by Crippen LogP contribution is 2.30. The molecule has 1 aliphatic rings. The number of halogens is 1. The molecular weight excluding hydrogens is 318 g/mol. The first-order chi connectivity index (χ1) is 11.0. The van der Waals surface area contributed by atoms with Gasteiger partial charge in [0.1, 0.15) is 5.02 Å². The van der Waals surface area contributed by atoms with Crippen LogP contribution in [0.4, 0.5) is 17.5 Å². The molecule has 2 aromatic heterocycles. The first-order valence-corrected chi connectivity index (χ1v) is 7.75. The van der Waals surface area contributed by atoms with Gasteiger partial charge in [0.15, 0.2) is 5.82 Å². The van der Waals surface area contributed by atoms with Crippen molar-refractivity contribution in [3.8, 4) is 0 Å². The van der Waals surface area contributed by atoms with Crippen molar-refractivity contribution in [3.63, 3.8) is 0 Å². The Morgan fingerprint density at radius 1 is 1.43 bits per heavy atom. The Kier molecular flexibility index (Phi) is 4.33. The summed E-state index contributed by atoms with van der Waals surface area (Å²) in [7, 11) is 1.82. The van der Waals surface area contributed by atoms with Crippen molar-refractivity contribution < 1.29 is 4.79 Å². The Morgan fingerprint density at radius 3 is 2.96 bits per heavy atom. The quantitative estimate of drug-likeness (QED) is 0.766. The van der Waals surface area contributed by atoms with Crippen LogP contribution in [0.2, 0.25) is 5.02 Å². The van der Waals surface area contributed by atoms with Crippen molar-refractivity contribution in [2.75, 3.05) is 10.6 Å². The molecule has 1 fully saturated rings. The van der Waals surface area contributed by atoms with Crippen LogP contribution in [0, 0.1) is 5.92 Å². The van der Waals surface area contributed by atoms with Crippen LogP contribution in [-0.4, -0.2) is 31.7 Å². The number of aryl methyl sites for hydroxylation is 1. The molecule has 8 nitrogen and oxygen atoms in total. The van der Waals surface area contributed by atoms with Gasteiger partial charge in [-0.05, 0) is 12.8 Å². The first kappa shape index (κ1) is 15.5. The molecule has 0 radical (unpaired) electrons. The van der Waals surface area contributed by atoms with Crippen LogP contribution < -0.4 is 16.4 Å². The molecule has 4 N–H and O–H groups in total. The molecule has 0 saturated heterocycles. The molecule has 3 rings (SSSR count). The van der Waals surface area contributed by atoms with E-state index in [0.717, 1.165) is 24.9 Å². The first-order valence-electron chi connectivity index (χ1n) is 7.37. The van der Waals surface area contributed by atoms with E-state index in [9.17, 15) is 4.79 Å². The lowest BCUT2D eigenvalue weighted by Gasteiger charge is -2.19. The molecule has 1 aliphatic carbocycles. The van der Waals surface area contributed by atoms with Gasteiger partial charge in [0.2, 0.25) is 11.9 Å². The summed E-state index contributed by atoms with van der Waals surface area (Å²) in [4.78, 5) is 20.0. The molecule has 1 amide bonds. The number of nitrogens with two attached hydrogens (primary N) is 1. The second-order valence-electron chi connectivity index (χ2n) is 5.61. The highest BCUT2D eigenvalue weighted by Gasteiger charge is 2.32. The van der Waals surface area contributed by atoms with Gasteiger partial charge in [-0.1, -0.05) is 18.0 Å². The van der Waals surface area contributed by atoms with Gasteiger partial charge in [0.05, 0.1) is 24.0 Å². The third kappa shape index (κ3) is 3.53. The van der Waals surface area contributed by atoms with E-state index in [1.807, 2.05) is 13.2 Å². The summed E-state index contributed by atoms with van der Waals surface area (Å²) in [6.07, 6.45) is 7.60. The maximum atomic E-state index is 11.5. The van der Waals surface area contributed by atoms with Gasteiger partial charge in [0, 0.05) is 19.3 Å². The van der Waals surface area contributed by atoms with Crippen molar-refractivity contribution in [1.82, 2.24) is 19.7 Å². The van der Waals surface area contributed by atoms with E-state index in [4.69, 9.17) is 17.3 Å². The maximum Gasteiger partial charge on any atom is 0.229 e. The number of anilines is 3. The van der Waals surface area contributed by atoms with Gasteiger partial charge in [-0.25, -0.2) is 4.98 Å². The summed E-state index contributed by atoms with van der Waals surface area (Å²) in [6, 6.07) is -0.0499. The molecular formula is C14H18ClN7O. The van der Waals surface area contributed by atoms with Crippen LogP contribution in [0.5, 0.6) is 0 Å². The van der Waals surface area contributed by atoms with Gasteiger partial charge in [-0.2, -0.15) is 10.1 Å². The Balaban J connectivity index is 1.76. The van der Waals surface area contributed by atoms with Crippen molar-refractivity contribution >= 4 is 35.0 Å². The predicted molar refractivity (Wildman–Crippen MR) is 87.5 cm³/mol. The lowest BCUT2D eigenvalue weighted by atomic mass is 10.0. The van der Waals surface area contributed by atoms with Crippen LogP contribution in [0.3, 0.4) is 0 Å². The number of aromatic nitrogens is 4. The Morgan fingerprint density at radius 2 is 2.26 bits per heavy atom. The van der Waals surface area contributed by atoms with E-state index in [2.05, 4.69) is 25.7 Å². The molecule has 0 bridgehead atoms. The van der Waals surface area contributed by atoms with E-state index in [1.165, 1.54) is 6.20 Å². The van der Waals surface area contributed by atoms with E-state index in [-0.39, 0.29) is 17.9 Å². The SMILES string of the molecule is Cn1cc(Nc2ncc(Cl)c(N[C@H]3CCC[C@H]3C(N)=O)n2)cn1. The van der Waals surface area contributed by atoms with Gasteiger partial charge in [-0.3, -0.25) is 9.48 Å². The van der Waals surface area contributed by atoms with Crippen LogP contribution >= 0.6 is 11.6 Å². The number of rotatable bonds is 5. The number of nitrogens with zero attached hydrogens (tertiary/aromatic N) is 4. The standard InChI is InChI=1S/C14H18ClN7O/c1-22-7-8(5-18-22)19-14-17-6-10(15)13(21-14)20-11-4-2-3-9(11)12(16)23/h5-7,9,11H,2-4H2,1H3,(H2,16,23)(H2,17,19,20,21)/t9-,11+/m1/s1. The van der Waals surface area contributed by atoms with Gasteiger partial charge in [0.25, 0.3) is 0 Å². The lowest BCUT2D eigenvalue weighted by Crippen LogP contribution is -2.34. The fourth-order valence-electron chi connectivity index (χ4n) is 2.79. The van der Waals surface area contributed by atoms with Crippen molar-refractivity contribution in [2.45, 2.75) is 25.3 Å². The molecule has 0 spiro atoms. The molecule has 2 heterocycles. The summed E-state index contributed by atoms with van der Waals surface area (Å²) in [5, 5.41) is 10.8. The van der Waals surface area contributed by atoms with Crippen LogP contribution in [0.15, 0.2) is 18.6 Å². The minimum atomic E-state index is -0.293. The average Bonchev–Trinajstić information content (AvgIpc) is 3.12. The maximum absolute atomic E-state index is 11.5. The summed E-state index contributed by atoms with van der Waals surface area (Å²) in [5.74, 6) is 0.402. The van der Waals surface area contributed by atoms with E-state index in [1.54, 1.807) is 10.9 Å². The molecule has 2 atom stereocenters. The number of carbonyl (C=O) groups excluding carboxylic acids is 1. The molecule has 2 aromatic rings. The number of hydrogen-bond donors (Lipinski definition) is 3. The topological polar surface area (TPSA) is 111 Å². The van der Waals surface area contributed by atoms with Gasteiger partial charge in [-0.15, -0.1) is 0 Å². The van der Waals surface area contributed by atoms with E-state index in [0.29, 0.717) is 16.8 Å². The highest BCUT2D eigenvalue weighted by atomic mass is 35.5. The zero-order chi connectivity index (χ0) is 16.4. The van der Waals surface area contributed by atoms with Crippen molar-refractivity contribution in [3.05, 3.63) is 23.6 Å². The molecule has 0 aliphatic heterocycles. The monoisotopic (exact) mass is 335 g/mol. The third-order valence-electron chi connectivity index (χ3n) is 3.91. The number of amides is 1. The number of carbonyl (C=O) groups is 1. The minimum absolute atomic E-state index is 0.0499. The third-order valence-corrected chi connectivity index (χ3v) is 4.19. The lowest BCUT2D eigenvalue weighted by molar-refractivity contribution is -0.121. The normalized spacial score (nSPS) is 20.4. The van der Waals surface area contributed by atoms with Crippen molar-refractivity contribution in [2.24, 2.45) is 18.7 Å². The highest BCUT2D eigenvalue weighted by molar-refractivity contribution is 6.32. The molecule has 0 aromatic carbocycles. The fraction of sp³-hybridized carbons (Fsp3) is 0.429. The summed E-state index contributed by atoms with van der Waals surface area (Å²) >= 11 is 6.16. The summed E-state index contributed by atoms with van der Waals surface area (Å²) in [5.41, 5.74) is 6.22. The largest absolute Gasteiger partial charge is 0.369 e. The minimum Gasteiger partial charge on any atom is -0.369 e. The van der Waals surface area contributed by atoms with Crippen LogP contribution in [-0.2, 0) is 11.8 Å². The summed E-state index contributed by atoms with van der Waals surface area (Å²) in [6.45, 7) is 0. The van der Waals surface area contributed by atoms with E-state index >= 15 is 0 Å². The molecule has 23 heavy (non-hydrogen) atoms. The van der Waals surface area contributed by atoms with Crippen molar-refractivity contribution in [1.29, 1.82) is 0 Å². The zero-order valence-electron chi connectivity index (χ0n) is 12.7. The number of nitrogens with one attached hydrogen (secondary N) is 2. The molecule has 9 heteroatoms. The van der Waals surface area contributed by atoms with Crippen LogP contribution in [0.25, 0.3) is 0 Å². The zero-order valence-corrected chi connectivity index (χ0v) is 13.4. The molecule has 122 valence electrons. The summed E-state index contributed by atoms with van der Waals surface area (Å²) < 4.78 is 1.67. The van der Waals surface area contributed by atoms with Gasteiger partial charge < -0.3 is 16.4 Å². The number of primary amides is 1. The van der Waals surface area contributed by atoms with E-state index < -0.39 is 0 Å². The number of hydrogen-bond acceptors (Lipinski definition) is 6. The van der Waals surface area contributed by atoms with Crippen LogP contribution in [0.1, 0.15) is 19.3 Å². The second-order valence-corrected chi connectivity index (χ2v) is 6.02. The Labute approximate surface area is 138 Å². The van der Waals surface area contributed by atoms with Gasteiger partial charge >= 0.3 is 0 Å². The average molecular weight is 336 g/mol. The Hall–Kier alpha value is -2.35. The fourth-order valence-corrected chi connectivity index (χ4v) is 2.94. The second kappa shape index (κ2) is 6.41. The Bertz CT molecular complexity index is 717. The molecule has 1 saturated carbocycles.